The fraction of sp³-hybridized carbons (Fsp3) is 0.923. The highest BCUT2D eigenvalue weighted by Crippen LogP contribution is 2.51. The molecule has 1 saturated carbocycles. The average molecular weight is 226 g/mol. The van der Waals surface area contributed by atoms with Gasteiger partial charge in [0.2, 0.25) is 0 Å². The van der Waals surface area contributed by atoms with Crippen molar-refractivity contribution < 1.29 is 14.6 Å². The van der Waals surface area contributed by atoms with Gasteiger partial charge in [-0.2, -0.15) is 0 Å². The van der Waals surface area contributed by atoms with Crippen molar-refractivity contribution in [2.75, 3.05) is 13.2 Å². The number of hydrogen-bond donors (Lipinski definition) is 1. The summed E-state index contributed by atoms with van der Waals surface area (Å²) in [6, 6.07) is 0. The van der Waals surface area contributed by atoms with Crippen LogP contribution in [0.3, 0.4) is 0 Å². The topological polar surface area (TPSA) is 46.5 Å². The molecule has 1 saturated heterocycles. The standard InChI is InChI=1S/C13H22O3/c1-12(2)4-6-13(7-5-12,11(14)15)10-3-8-16-9-10/h10H,3-9H2,1-2H3,(H,14,15). The quantitative estimate of drug-likeness (QED) is 0.787. The molecule has 16 heavy (non-hydrogen) atoms. The van der Waals surface area contributed by atoms with Crippen LogP contribution in [0.15, 0.2) is 0 Å². The highest BCUT2D eigenvalue weighted by molar-refractivity contribution is 5.75. The van der Waals surface area contributed by atoms with Crippen LogP contribution in [0.5, 0.6) is 0 Å². The summed E-state index contributed by atoms with van der Waals surface area (Å²) in [5, 5.41) is 9.56. The van der Waals surface area contributed by atoms with Gasteiger partial charge in [-0.1, -0.05) is 13.8 Å². The van der Waals surface area contributed by atoms with Crippen molar-refractivity contribution >= 4 is 5.97 Å². The molecule has 1 atom stereocenters. The zero-order valence-corrected chi connectivity index (χ0v) is 10.3. The Balaban J connectivity index is 2.14. The van der Waals surface area contributed by atoms with Gasteiger partial charge in [0.1, 0.15) is 0 Å². The summed E-state index contributed by atoms with van der Waals surface area (Å²) in [6.07, 6.45) is 4.62. The van der Waals surface area contributed by atoms with Crippen molar-refractivity contribution in [2.45, 2.75) is 46.0 Å². The fourth-order valence-corrected chi connectivity index (χ4v) is 3.14. The molecule has 0 aromatic rings. The predicted octanol–water partition coefficient (Wildman–Crippen LogP) is 2.69. The Morgan fingerprint density at radius 1 is 1.25 bits per heavy atom. The Bertz CT molecular complexity index is 267. The van der Waals surface area contributed by atoms with Crippen LogP contribution < -0.4 is 0 Å². The monoisotopic (exact) mass is 226 g/mol. The maximum atomic E-state index is 11.6. The van der Waals surface area contributed by atoms with E-state index in [0.717, 1.165) is 38.7 Å². The molecule has 3 nitrogen and oxygen atoms in total. The smallest absolute Gasteiger partial charge is 0.310 e. The van der Waals surface area contributed by atoms with E-state index in [1.165, 1.54) is 0 Å². The third-order valence-corrected chi connectivity index (χ3v) is 4.63. The Hall–Kier alpha value is -0.570. The zero-order valence-electron chi connectivity index (χ0n) is 10.3. The van der Waals surface area contributed by atoms with Gasteiger partial charge in [-0.05, 0) is 37.5 Å². The highest BCUT2D eigenvalue weighted by atomic mass is 16.5. The van der Waals surface area contributed by atoms with E-state index >= 15 is 0 Å². The maximum Gasteiger partial charge on any atom is 0.310 e. The molecule has 1 unspecified atom stereocenters. The van der Waals surface area contributed by atoms with E-state index in [1.807, 2.05) is 0 Å². The van der Waals surface area contributed by atoms with Gasteiger partial charge >= 0.3 is 5.97 Å². The van der Waals surface area contributed by atoms with E-state index in [0.29, 0.717) is 12.0 Å². The lowest BCUT2D eigenvalue weighted by Gasteiger charge is -2.43. The first-order valence-electron chi connectivity index (χ1n) is 6.27. The molecule has 3 heteroatoms. The number of ether oxygens (including phenoxy) is 1. The van der Waals surface area contributed by atoms with Gasteiger partial charge in [-0.15, -0.1) is 0 Å². The highest BCUT2D eigenvalue weighted by Gasteiger charge is 2.50. The third kappa shape index (κ3) is 1.97. The summed E-state index contributed by atoms with van der Waals surface area (Å²) < 4.78 is 5.37. The normalized spacial score (nSPS) is 32.5. The molecule has 92 valence electrons. The molecule has 0 amide bonds. The van der Waals surface area contributed by atoms with Crippen LogP contribution in [0.2, 0.25) is 0 Å². The number of rotatable bonds is 2. The second-order valence-electron chi connectivity index (χ2n) is 6.19. The molecule has 0 bridgehead atoms. The van der Waals surface area contributed by atoms with E-state index in [4.69, 9.17) is 4.74 Å². The lowest BCUT2D eigenvalue weighted by molar-refractivity contribution is -0.157. The molecular weight excluding hydrogens is 204 g/mol. The lowest BCUT2D eigenvalue weighted by atomic mass is 9.60. The van der Waals surface area contributed by atoms with Gasteiger partial charge in [0.05, 0.1) is 12.0 Å². The van der Waals surface area contributed by atoms with Crippen molar-refractivity contribution in [1.29, 1.82) is 0 Å². The van der Waals surface area contributed by atoms with Gasteiger partial charge < -0.3 is 9.84 Å². The van der Waals surface area contributed by atoms with E-state index in [-0.39, 0.29) is 5.92 Å². The molecule has 2 rings (SSSR count). The van der Waals surface area contributed by atoms with Crippen molar-refractivity contribution in [3.05, 3.63) is 0 Å². The van der Waals surface area contributed by atoms with Crippen molar-refractivity contribution in [3.63, 3.8) is 0 Å². The minimum absolute atomic E-state index is 0.237. The molecular formula is C13H22O3. The van der Waals surface area contributed by atoms with E-state index in [1.54, 1.807) is 0 Å². The van der Waals surface area contributed by atoms with Crippen LogP contribution in [-0.2, 0) is 9.53 Å². The third-order valence-electron chi connectivity index (χ3n) is 4.63. The van der Waals surface area contributed by atoms with Crippen molar-refractivity contribution in [3.8, 4) is 0 Å². The van der Waals surface area contributed by atoms with Crippen LogP contribution in [0, 0.1) is 16.7 Å². The van der Waals surface area contributed by atoms with Crippen LogP contribution in [-0.4, -0.2) is 24.3 Å². The van der Waals surface area contributed by atoms with Crippen LogP contribution in [0.25, 0.3) is 0 Å². The zero-order chi connectivity index (χ0) is 11.8. The van der Waals surface area contributed by atoms with Gasteiger partial charge in [-0.3, -0.25) is 4.79 Å². The summed E-state index contributed by atoms with van der Waals surface area (Å²) in [5.74, 6) is -0.361. The van der Waals surface area contributed by atoms with Gasteiger partial charge in [0.15, 0.2) is 0 Å². The number of carboxylic acids is 1. The Kier molecular flexibility index (Phi) is 2.99. The van der Waals surface area contributed by atoms with E-state index in [9.17, 15) is 9.90 Å². The molecule has 1 aliphatic carbocycles. The number of hydrogen-bond acceptors (Lipinski definition) is 2. The van der Waals surface area contributed by atoms with Gasteiger partial charge in [0.25, 0.3) is 0 Å². The Labute approximate surface area is 97.2 Å². The minimum atomic E-state index is -0.599. The summed E-state index contributed by atoms with van der Waals surface area (Å²) >= 11 is 0. The second kappa shape index (κ2) is 4.02. The second-order valence-corrected chi connectivity index (χ2v) is 6.19. The largest absolute Gasteiger partial charge is 0.481 e. The minimum Gasteiger partial charge on any atom is -0.481 e. The van der Waals surface area contributed by atoms with Crippen molar-refractivity contribution in [2.24, 2.45) is 16.7 Å². The van der Waals surface area contributed by atoms with Crippen molar-refractivity contribution in [1.82, 2.24) is 0 Å². The number of aliphatic carboxylic acids is 1. The molecule has 1 aliphatic heterocycles. The van der Waals surface area contributed by atoms with Crippen LogP contribution >= 0.6 is 0 Å². The first-order chi connectivity index (χ1) is 7.46. The van der Waals surface area contributed by atoms with Crippen LogP contribution in [0.1, 0.15) is 46.0 Å². The van der Waals surface area contributed by atoms with Gasteiger partial charge in [-0.25, -0.2) is 0 Å². The molecule has 0 spiro atoms. The molecule has 1 heterocycles. The molecule has 1 N–H and O–H groups in total. The molecule has 2 aliphatic rings. The summed E-state index contributed by atoms with van der Waals surface area (Å²) in [7, 11) is 0. The molecule has 0 aromatic heterocycles. The first kappa shape index (κ1) is 11.9. The van der Waals surface area contributed by atoms with E-state index in [2.05, 4.69) is 13.8 Å². The van der Waals surface area contributed by atoms with E-state index < -0.39 is 11.4 Å². The number of carboxylic acid groups (broad SMARTS) is 1. The lowest BCUT2D eigenvalue weighted by Crippen LogP contribution is -2.43. The first-order valence-corrected chi connectivity index (χ1v) is 6.27. The summed E-state index contributed by atoms with van der Waals surface area (Å²) in [6.45, 7) is 5.86. The Morgan fingerprint density at radius 2 is 1.88 bits per heavy atom. The predicted molar refractivity (Wildman–Crippen MR) is 61.2 cm³/mol. The average Bonchev–Trinajstić information content (AvgIpc) is 2.71. The SMILES string of the molecule is CC1(C)CCC(C(=O)O)(C2CCOC2)CC1. The van der Waals surface area contributed by atoms with Crippen LogP contribution in [0.4, 0.5) is 0 Å². The summed E-state index contributed by atoms with van der Waals surface area (Å²) in [5.41, 5.74) is -0.176. The maximum absolute atomic E-state index is 11.6. The van der Waals surface area contributed by atoms with Gasteiger partial charge in [0, 0.05) is 12.5 Å². The molecule has 2 fully saturated rings. The molecule has 0 aromatic carbocycles. The number of carbonyl (C=O) groups is 1. The molecule has 0 radical (unpaired) electrons. The summed E-state index contributed by atoms with van der Waals surface area (Å²) in [4.78, 5) is 11.6. The fourth-order valence-electron chi connectivity index (χ4n) is 3.14. The Morgan fingerprint density at radius 3 is 2.31 bits per heavy atom.